The fourth-order valence-electron chi connectivity index (χ4n) is 3.70. The van der Waals surface area contributed by atoms with Crippen molar-refractivity contribution in [2.75, 3.05) is 13.1 Å². The van der Waals surface area contributed by atoms with Gasteiger partial charge in [0.1, 0.15) is 6.54 Å². The Balaban J connectivity index is 1.94. The maximum atomic E-state index is 13.5. The van der Waals surface area contributed by atoms with Crippen LogP contribution in [0.2, 0.25) is 5.02 Å². The average molecular weight is 448 g/mol. The zero-order chi connectivity index (χ0) is 22.2. The summed E-state index contributed by atoms with van der Waals surface area (Å²) in [5, 5.41) is 9.02. The zero-order valence-corrected chi connectivity index (χ0v) is 17.9. The van der Waals surface area contributed by atoms with E-state index < -0.39 is 11.7 Å². The van der Waals surface area contributed by atoms with Gasteiger partial charge in [0.05, 0.1) is 23.5 Å². The Bertz CT molecular complexity index is 1130. The molecule has 0 aliphatic carbocycles. The van der Waals surface area contributed by atoms with Gasteiger partial charge < -0.3 is 0 Å². The van der Waals surface area contributed by atoms with Gasteiger partial charge in [0.2, 0.25) is 0 Å². The molecular weight excluding hydrogens is 427 g/mol. The fourth-order valence-corrected chi connectivity index (χ4v) is 3.92. The lowest BCUT2D eigenvalue weighted by molar-refractivity contribution is -0.137. The van der Waals surface area contributed by atoms with E-state index in [1.807, 2.05) is 18.4 Å². The SMILES string of the molecule is CCN(CC)Cc1nnc2n1-c1ccc(C(F)(F)F)cc1C(c1ccccc1Cl)=NC2. The molecule has 2 heterocycles. The van der Waals surface area contributed by atoms with Gasteiger partial charge in [0, 0.05) is 16.1 Å². The van der Waals surface area contributed by atoms with Crippen molar-refractivity contribution in [1.29, 1.82) is 0 Å². The summed E-state index contributed by atoms with van der Waals surface area (Å²) in [6.45, 7) is 6.44. The summed E-state index contributed by atoms with van der Waals surface area (Å²) in [6, 6.07) is 10.7. The van der Waals surface area contributed by atoms with E-state index in [2.05, 4.69) is 20.1 Å². The summed E-state index contributed by atoms with van der Waals surface area (Å²) < 4.78 is 42.4. The highest BCUT2D eigenvalue weighted by Crippen LogP contribution is 2.35. The van der Waals surface area contributed by atoms with Crippen molar-refractivity contribution in [2.24, 2.45) is 4.99 Å². The number of benzene rings is 2. The first-order chi connectivity index (χ1) is 14.8. The summed E-state index contributed by atoms with van der Waals surface area (Å²) in [7, 11) is 0. The van der Waals surface area contributed by atoms with E-state index in [0.29, 0.717) is 45.7 Å². The van der Waals surface area contributed by atoms with E-state index in [4.69, 9.17) is 11.6 Å². The van der Waals surface area contributed by atoms with Crippen molar-refractivity contribution >= 4 is 17.3 Å². The van der Waals surface area contributed by atoms with E-state index in [9.17, 15) is 13.2 Å². The minimum Gasteiger partial charge on any atom is -0.296 e. The molecule has 0 atom stereocenters. The fraction of sp³-hybridized carbons (Fsp3) is 0.318. The Labute approximate surface area is 183 Å². The molecule has 0 amide bonds. The second kappa shape index (κ2) is 8.43. The van der Waals surface area contributed by atoms with Crippen molar-refractivity contribution in [3.63, 3.8) is 0 Å². The maximum Gasteiger partial charge on any atom is 0.416 e. The lowest BCUT2D eigenvalue weighted by atomic mass is 9.98. The van der Waals surface area contributed by atoms with Gasteiger partial charge in [0.25, 0.3) is 0 Å². The Hall–Kier alpha value is -2.71. The number of aromatic nitrogens is 3. The maximum absolute atomic E-state index is 13.5. The van der Waals surface area contributed by atoms with Crippen LogP contribution in [0.1, 0.15) is 42.2 Å². The smallest absolute Gasteiger partial charge is 0.296 e. The molecule has 5 nitrogen and oxygen atoms in total. The van der Waals surface area contributed by atoms with Crippen LogP contribution in [-0.2, 0) is 19.3 Å². The molecule has 1 aliphatic rings. The molecule has 0 bridgehead atoms. The molecule has 2 aromatic carbocycles. The molecule has 1 aliphatic heterocycles. The Morgan fingerprint density at radius 3 is 2.45 bits per heavy atom. The zero-order valence-electron chi connectivity index (χ0n) is 17.1. The lowest BCUT2D eigenvalue weighted by Gasteiger charge is -2.20. The van der Waals surface area contributed by atoms with Crippen LogP contribution in [-0.4, -0.2) is 38.5 Å². The molecule has 0 radical (unpaired) electrons. The molecule has 4 rings (SSSR count). The first-order valence-corrected chi connectivity index (χ1v) is 10.4. The number of hydrogen-bond donors (Lipinski definition) is 0. The summed E-state index contributed by atoms with van der Waals surface area (Å²) >= 11 is 6.39. The monoisotopic (exact) mass is 447 g/mol. The molecule has 0 saturated carbocycles. The molecule has 162 valence electrons. The van der Waals surface area contributed by atoms with E-state index in [0.717, 1.165) is 25.2 Å². The van der Waals surface area contributed by atoms with Crippen molar-refractivity contribution in [2.45, 2.75) is 33.1 Å². The first-order valence-electron chi connectivity index (χ1n) is 10.00. The second-order valence-electron chi connectivity index (χ2n) is 7.20. The van der Waals surface area contributed by atoms with Gasteiger partial charge in [-0.25, -0.2) is 0 Å². The highest BCUT2D eigenvalue weighted by atomic mass is 35.5. The van der Waals surface area contributed by atoms with Crippen LogP contribution in [0.3, 0.4) is 0 Å². The van der Waals surface area contributed by atoms with Crippen molar-refractivity contribution in [1.82, 2.24) is 19.7 Å². The van der Waals surface area contributed by atoms with Crippen LogP contribution in [0.15, 0.2) is 47.5 Å². The van der Waals surface area contributed by atoms with Crippen LogP contribution >= 0.6 is 11.6 Å². The van der Waals surface area contributed by atoms with E-state index in [1.54, 1.807) is 24.3 Å². The summed E-state index contributed by atoms with van der Waals surface area (Å²) in [4.78, 5) is 6.79. The van der Waals surface area contributed by atoms with Crippen LogP contribution in [0.25, 0.3) is 5.69 Å². The van der Waals surface area contributed by atoms with E-state index >= 15 is 0 Å². The summed E-state index contributed by atoms with van der Waals surface area (Å²) in [5.41, 5.74) is 1.15. The Morgan fingerprint density at radius 2 is 1.77 bits per heavy atom. The number of halogens is 4. The average Bonchev–Trinajstić information content (AvgIpc) is 3.07. The normalized spacial score (nSPS) is 13.6. The van der Waals surface area contributed by atoms with Crippen molar-refractivity contribution in [3.8, 4) is 5.69 Å². The number of hydrogen-bond acceptors (Lipinski definition) is 4. The van der Waals surface area contributed by atoms with Gasteiger partial charge >= 0.3 is 6.18 Å². The molecule has 3 aromatic rings. The Kier molecular flexibility index (Phi) is 5.85. The van der Waals surface area contributed by atoms with Crippen molar-refractivity contribution in [3.05, 3.63) is 75.8 Å². The molecule has 0 N–H and O–H groups in total. The van der Waals surface area contributed by atoms with E-state index in [1.165, 1.54) is 6.07 Å². The van der Waals surface area contributed by atoms with Crippen LogP contribution in [0.4, 0.5) is 13.2 Å². The lowest BCUT2D eigenvalue weighted by Crippen LogP contribution is -2.24. The van der Waals surface area contributed by atoms with Crippen LogP contribution in [0.5, 0.6) is 0 Å². The van der Waals surface area contributed by atoms with Gasteiger partial charge in [-0.15, -0.1) is 10.2 Å². The second-order valence-corrected chi connectivity index (χ2v) is 7.61. The van der Waals surface area contributed by atoms with Gasteiger partial charge in [0.15, 0.2) is 11.6 Å². The molecule has 0 spiro atoms. The number of alkyl halides is 3. The predicted octanol–water partition coefficient (Wildman–Crippen LogP) is 5.13. The van der Waals surface area contributed by atoms with Gasteiger partial charge in [-0.05, 0) is 37.4 Å². The molecular formula is C22H21ClF3N5. The van der Waals surface area contributed by atoms with Crippen LogP contribution < -0.4 is 0 Å². The van der Waals surface area contributed by atoms with Crippen LogP contribution in [0, 0.1) is 0 Å². The highest BCUT2D eigenvalue weighted by molar-refractivity contribution is 6.35. The summed E-state index contributed by atoms with van der Waals surface area (Å²) in [6.07, 6.45) is -4.48. The third-order valence-corrected chi connectivity index (χ3v) is 5.71. The molecule has 0 unspecified atom stereocenters. The molecule has 1 aromatic heterocycles. The molecule has 31 heavy (non-hydrogen) atoms. The van der Waals surface area contributed by atoms with Crippen molar-refractivity contribution < 1.29 is 13.2 Å². The van der Waals surface area contributed by atoms with Gasteiger partial charge in [-0.3, -0.25) is 14.5 Å². The molecule has 0 fully saturated rings. The Morgan fingerprint density at radius 1 is 1.03 bits per heavy atom. The third-order valence-electron chi connectivity index (χ3n) is 5.38. The molecule has 9 heteroatoms. The van der Waals surface area contributed by atoms with Gasteiger partial charge in [-0.2, -0.15) is 13.2 Å². The minimum absolute atomic E-state index is 0.182. The minimum atomic E-state index is -4.48. The predicted molar refractivity (Wildman–Crippen MR) is 114 cm³/mol. The summed E-state index contributed by atoms with van der Waals surface area (Å²) in [5.74, 6) is 1.24. The quantitative estimate of drug-likeness (QED) is 0.544. The highest BCUT2D eigenvalue weighted by Gasteiger charge is 2.33. The third kappa shape index (κ3) is 4.09. The van der Waals surface area contributed by atoms with E-state index in [-0.39, 0.29) is 6.54 Å². The molecule has 0 saturated heterocycles. The number of nitrogens with zero attached hydrogens (tertiary/aromatic N) is 5. The number of aliphatic imine (C=N–C) groups is 1. The van der Waals surface area contributed by atoms with Gasteiger partial charge in [-0.1, -0.05) is 43.6 Å². The standard InChI is InChI=1S/C22H21ClF3N5/c1-3-30(4-2)13-20-29-28-19-12-27-21(15-7-5-6-8-17(15)23)16-11-14(22(24,25)26)9-10-18(16)31(19)20/h5-11H,3-4,12-13H2,1-2H3. The number of rotatable bonds is 5. The topological polar surface area (TPSA) is 46.3 Å². The largest absolute Gasteiger partial charge is 0.416 e. The number of fused-ring (bicyclic) bond motifs is 3. The first kappa shape index (κ1) is 21.5.